The minimum Gasteiger partial charge on any atom is -0.387 e. The fraction of sp³-hybridized carbons (Fsp3) is 0.115. The van der Waals surface area contributed by atoms with Crippen molar-refractivity contribution in [3.05, 3.63) is 96.3 Å². The van der Waals surface area contributed by atoms with Gasteiger partial charge in [-0.05, 0) is 72.6 Å². The predicted molar refractivity (Wildman–Crippen MR) is 133 cm³/mol. The maximum Gasteiger partial charge on any atom is 0.320 e. The van der Waals surface area contributed by atoms with Crippen LogP contribution in [0.3, 0.4) is 0 Å². The minimum atomic E-state index is -0.871. The number of aryl methyl sites for hydroxylation is 1. The van der Waals surface area contributed by atoms with E-state index in [0.29, 0.717) is 39.5 Å². The first-order valence-corrected chi connectivity index (χ1v) is 11.2. The van der Waals surface area contributed by atoms with E-state index in [1.165, 1.54) is 6.07 Å². The number of hydrogen-bond acceptors (Lipinski definition) is 6. The van der Waals surface area contributed by atoms with Crippen molar-refractivity contribution in [1.29, 1.82) is 0 Å². The molecule has 0 aliphatic rings. The molecule has 0 radical (unpaired) electrons. The second kappa shape index (κ2) is 9.88. The maximum absolute atomic E-state index is 13.9. The Morgan fingerprint density at radius 3 is 2.69 bits per heavy atom. The van der Waals surface area contributed by atoms with Gasteiger partial charge in [0, 0.05) is 42.5 Å². The number of rotatable bonds is 6. The zero-order chi connectivity index (χ0) is 25.1. The third kappa shape index (κ3) is 4.75. The van der Waals surface area contributed by atoms with Crippen LogP contribution in [0.1, 0.15) is 17.2 Å². The van der Waals surface area contributed by atoms with Crippen molar-refractivity contribution < 1.29 is 14.3 Å². The SMILES string of the molecule is Cc1cc(-c2nc3cccnn3c2-c2ccnc(NC(=O)NCC(O)c3ccncc3)c2)ccc1F. The quantitative estimate of drug-likeness (QED) is 0.334. The Hall–Kier alpha value is -4.70. The van der Waals surface area contributed by atoms with E-state index in [0.717, 1.165) is 5.56 Å². The summed E-state index contributed by atoms with van der Waals surface area (Å²) in [6.45, 7) is 1.71. The molecule has 0 fully saturated rings. The number of benzene rings is 1. The van der Waals surface area contributed by atoms with Crippen LogP contribution in [-0.4, -0.2) is 42.2 Å². The largest absolute Gasteiger partial charge is 0.387 e. The van der Waals surface area contributed by atoms with E-state index in [1.807, 2.05) is 6.07 Å². The van der Waals surface area contributed by atoms with Gasteiger partial charge in [-0.15, -0.1) is 0 Å². The lowest BCUT2D eigenvalue weighted by Crippen LogP contribution is -2.32. The summed E-state index contributed by atoms with van der Waals surface area (Å²) in [4.78, 5) is 25.3. The number of anilines is 1. The highest BCUT2D eigenvalue weighted by Crippen LogP contribution is 2.33. The lowest BCUT2D eigenvalue weighted by molar-refractivity contribution is 0.175. The predicted octanol–water partition coefficient (Wildman–Crippen LogP) is 4.16. The van der Waals surface area contributed by atoms with Gasteiger partial charge in [-0.25, -0.2) is 23.7 Å². The molecule has 0 bridgehead atoms. The molecule has 0 spiro atoms. The molecule has 0 saturated heterocycles. The van der Waals surface area contributed by atoms with Crippen molar-refractivity contribution >= 4 is 17.5 Å². The van der Waals surface area contributed by atoms with Gasteiger partial charge in [0.15, 0.2) is 5.65 Å². The molecule has 0 aliphatic carbocycles. The smallest absolute Gasteiger partial charge is 0.320 e. The van der Waals surface area contributed by atoms with Crippen LogP contribution in [-0.2, 0) is 0 Å². The topological polar surface area (TPSA) is 117 Å². The van der Waals surface area contributed by atoms with E-state index in [-0.39, 0.29) is 12.4 Å². The number of nitrogens with one attached hydrogen (secondary N) is 2. The Bertz CT molecular complexity index is 1540. The van der Waals surface area contributed by atoms with Crippen molar-refractivity contribution in [1.82, 2.24) is 29.9 Å². The number of amides is 2. The molecule has 2 amide bonds. The van der Waals surface area contributed by atoms with Crippen LogP contribution < -0.4 is 10.6 Å². The van der Waals surface area contributed by atoms with Crippen LogP contribution in [0, 0.1) is 12.7 Å². The molecule has 0 aliphatic heterocycles. The lowest BCUT2D eigenvalue weighted by atomic mass is 10.0. The minimum absolute atomic E-state index is 0.0147. The Morgan fingerprint density at radius 1 is 1.06 bits per heavy atom. The molecule has 3 N–H and O–H groups in total. The number of urea groups is 1. The lowest BCUT2D eigenvalue weighted by Gasteiger charge is -2.13. The number of aromatic nitrogens is 5. The highest BCUT2D eigenvalue weighted by molar-refractivity contribution is 5.90. The van der Waals surface area contributed by atoms with Gasteiger partial charge in [0.1, 0.15) is 17.3 Å². The number of aliphatic hydroxyl groups excluding tert-OH is 1. The van der Waals surface area contributed by atoms with Crippen molar-refractivity contribution in [2.75, 3.05) is 11.9 Å². The van der Waals surface area contributed by atoms with Gasteiger partial charge in [-0.3, -0.25) is 10.3 Å². The summed E-state index contributed by atoms with van der Waals surface area (Å²) in [5.74, 6) is 0.00756. The maximum atomic E-state index is 13.9. The molecule has 5 aromatic rings. The molecular weight excluding hydrogens is 461 g/mol. The van der Waals surface area contributed by atoms with Crippen LogP contribution >= 0.6 is 0 Å². The first-order valence-electron chi connectivity index (χ1n) is 11.2. The number of nitrogens with zero attached hydrogens (tertiary/aromatic N) is 5. The molecule has 1 aromatic carbocycles. The number of carbonyl (C=O) groups excluding carboxylic acids is 1. The third-order valence-electron chi connectivity index (χ3n) is 5.65. The van der Waals surface area contributed by atoms with Crippen LogP contribution in [0.25, 0.3) is 28.2 Å². The van der Waals surface area contributed by atoms with Crippen LogP contribution in [0.4, 0.5) is 15.0 Å². The molecule has 4 aromatic heterocycles. The summed E-state index contributed by atoms with van der Waals surface area (Å²) in [6.07, 6.45) is 5.50. The van der Waals surface area contributed by atoms with E-state index >= 15 is 0 Å². The summed E-state index contributed by atoms with van der Waals surface area (Å²) >= 11 is 0. The van der Waals surface area contributed by atoms with Crippen LogP contribution in [0.5, 0.6) is 0 Å². The number of aliphatic hydroxyl groups is 1. The zero-order valence-electron chi connectivity index (χ0n) is 19.3. The second-order valence-corrected chi connectivity index (χ2v) is 8.13. The number of carbonyl (C=O) groups is 1. The monoisotopic (exact) mass is 483 g/mol. The Kier molecular flexibility index (Phi) is 6.33. The highest BCUT2D eigenvalue weighted by atomic mass is 19.1. The van der Waals surface area contributed by atoms with E-state index in [2.05, 4.69) is 25.7 Å². The average Bonchev–Trinajstić information content (AvgIpc) is 3.29. The van der Waals surface area contributed by atoms with Crippen molar-refractivity contribution in [2.24, 2.45) is 0 Å². The van der Waals surface area contributed by atoms with Gasteiger partial charge in [0.2, 0.25) is 0 Å². The summed E-state index contributed by atoms with van der Waals surface area (Å²) in [6, 6.07) is 14.8. The Morgan fingerprint density at radius 2 is 1.89 bits per heavy atom. The third-order valence-corrected chi connectivity index (χ3v) is 5.65. The molecule has 1 atom stereocenters. The summed E-state index contributed by atoms with van der Waals surface area (Å²) < 4.78 is 15.6. The average molecular weight is 484 g/mol. The van der Waals surface area contributed by atoms with Crippen molar-refractivity contribution in [3.63, 3.8) is 0 Å². The van der Waals surface area contributed by atoms with Crippen LogP contribution in [0.15, 0.2) is 79.4 Å². The number of fused-ring (bicyclic) bond motifs is 1. The van der Waals surface area contributed by atoms with E-state index in [9.17, 15) is 14.3 Å². The standard InChI is InChI=1S/C26H22FN7O2/c1-16-13-18(4-5-20(16)27)24-25(34-23(33-24)3-2-9-31-34)19-8-12-29-22(14-19)32-26(36)30-15-21(35)17-6-10-28-11-7-17/h2-14,21,35H,15H2,1H3,(H2,29,30,32,36). The second-order valence-electron chi connectivity index (χ2n) is 8.13. The first kappa shape index (κ1) is 23.1. The summed E-state index contributed by atoms with van der Waals surface area (Å²) in [7, 11) is 0. The highest BCUT2D eigenvalue weighted by Gasteiger charge is 2.18. The fourth-order valence-corrected chi connectivity index (χ4v) is 3.84. The van der Waals surface area contributed by atoms with Gasteiger partial charge in [0.25, 0.3) is 0 Å². The summed E-state index contributed by atoms with van der Waals surface area (Å²) in [5.41, 5.74) is 4.53. The number of hydrogen-bond donors (Lipinski definition) is 3. The normalized spacial score (nSPS) is 11.9. The number of halogens is 1. The van der Waals surface area contributed by atoms with Gasteiger partial charge in [0.05, 0.1) is 11.8 Å². The molecular formula is C26H22FN7O2. The molecule has 9 nitrogen and oxygen atoms in total. The van der Waals surface area contributed by atoms with Crippen molar-refractivity contribution in [2.45, 2.75) is 13.0 Å². The molecule has 0 saturated carbocycles. The van der Waals surface area contributed by atoms with E-state index in [4.69, 9.17) is 4.98 Å². The number of pyridine rings is 2. The van der Waals surface area contributed by atoms with E-state index < -0.39 is 12.1 Å². The summed E-state index contributed by atoms with van der Waals surface area (Å²) in [5, 5.41) is 20.0. The van der Waals surface area contributed by atoms with Gasteiger partial charge >= 0.3 is 6.03 Å². The van der Waals surface area contributed by atoms with Gasteiger partial charge < -0.3 is 10.4 Å². The molecule has 4 heterocycles. The fourth-order valence-electron chi connectivity index (χ4n) is 3.84. The van der Waals surface area contributed by atoms with Gasteiger partial charge in [-0.1, -0.05) is 0 Å². The Labute approximate surface area is 205 Å². The van der Waals surface area contributed by atoms with Gasteiger partial charge in [-0.2, -0.15) is 5.10 Å². The number of imidazole rings is 1. The molecule has 36 heavy (non-hydrogen) atoms. The molecule has 180 valence electrons. The van der Waals surface area contributed by atoms with Crippen molar-refractivity contribution in [3.8, 4) is 22.5 Å². The zero-order valence-corrected chi connectivity index (χ0v) is 19.3. The van der Waals surface area contributed by atoms with E-state index in [1.54, 1.807) is 78.7 Å². The molecule has 10 heteroatoms. The van der Waals surface area contributed by atoms with Crippen LogP contribution in [0.2, 0.25) is 0 Å². The molecule has 5 rings (SSSR count). The first-order chi connectivity index (χ1) is 17.5. The molecule has 1 unspecified atom stereocenters. The Balaban J connectivity index is 1.42.